The Bertz CT molecular complexity index is 3720. The zero-order chi connectivity index (χ0) is 52.0. The van der Waals surface area contributed by atoms with E-state index in [1.807, 2.05) is 50.2 Å². The summed E-state index contributed by atoms with van der Waals surface area (Å²) in [6.45, 7) is 3.64. The molecule has 0 saturated heterocycles. The minimum atomic E-state index is -6.55. The van der Waals surface area contributed by atoms with Crippen molar-refractivity contribution in [3.8, 4) is 44.5 Å². The summed E-state index contributed by atoms with van der Waals surface area (Å²) in [5, 5.41) is 11.4. The van der Waals surface area contributed by atoms with Crippen LogP contribution in [0, 0.1) is 0 Å². The van der Waals surface area contributed by atoms with Gasteiger partial charge in [0, 0.05) is 0 Å². The van der Waals surface area contributed by atoms with E-state index in [2.05, 4.69) is 217 Å². The Morgan fingerprint density at radius 1 is 0.395 bits per heavy atom. The molecule has 0 radical (unpaired) electrons. The van der Waals surface area contributed by atoms with Crippen LogP contribution < -0.4 is 10.5 Å². The van der Waals surface area contributed by atoms with Crippen LogP contribution in [-0.4, -0.2) is 16.3 Å². The van der Waals surface area contributed by atoms with Crippen molar-refractivity contribution in [2.24, 2.45) is 0 Å². The number of hydrogen-bond acceptors (Lipinski definition) is 2. The van der Waals surface area contributed by atoms with Crippen molar-refractivity contribution in [3.05, 3.63) is 264 Å². The van der Waals surface area contributed by atoms with Gasteiger partial charge >= 0.3 is 457 Å². The van der Waals surface area contributed by atoms with Gasteiger partial charge in [0.15, 0.2) is 0 Å². The number of allylic oxidation sites excluding steroid dienone is 2. The Morgan fingerprint density at radius 2 is 0.711 bits per heavy atom. The number of benzene rings is 10. The molecule has 4 nitrogen and oxygen atoms in total. The molecule has 2 aliphatic carbocycles. The van der Waals surface area contributed by atoms with Crippen LogP contribution in [0.5, 0.6) is 0 Å². The Kier molecular flexibility index (Phi) is 13.2. The maximum absolute atomic E-state index is 14.3. The molecule has 0 aliphatic heterocycles. The zero-order valence-electron chi connectivity index (χ0n) is 42.3. The van der Waals surface area contributed by atoms with Crippen LogP contribution in [0.2, 0.25) is 0 Å². The second-order valence-corrected chi connectivity index (χ2v) is 41.5. The molecule has 0 bridgehead atoms. The van der Waals surface area contributed by atoms with Gasteiger partial charge in [-0.15, -0.1) is 0 Å². The predicted molar refractivity (Wildman–Crippen MR) is 318 cm³/mol. The minimum absolute atomic E-state index is 0.160. The normalized spacial score (nSPS) is 15.2. The number of carbonyl (C=O) groups excluding carboxylic acids is 2. The molecule has 76 heavy (non-hydrogen) atoms. The second kappa shape index (κ2) is 20.3. The first-order valence-electron chi connectivity index (χ1n) is 26.3. The van der Waals surface area contributed by atoms with Crippen LogP contribution in [-0.2, 0) is 25.8 Å². The van der Waals surface area contributed by atoms with Crippen molar-refractivity contribution < 1.29 is 25.8 Å². The average molecular weight is 1100 g/mol. The number of halogens is 2. The van der Waals surface area contributed by atoms with E-state index >= 15 is 0 Å². The number of carbonyl (C=O) groups is 2. The van der Waals surface area contributed by atoms with Crippen LogP contribution >= 0.6 is 17.0 Å². The Morgan fingerprint density at radius 3 is 1.12 bits per heavy atom. The van der Waals surface area contributed by atoms with Crippen LogP contribution in [0.15, 0.2) is 231 Å². The van der Waals surface area contributed by atoms with E-state index in [1.54, 1.807) is 0 Å². The Labute approximate surface area is 453 Å². The van der Waals surface area contributed by atoms with E-state index in [1.165, 1.54) is 10.8 Å². The molecule has 10 aromatic carbocycles. The molecule has 2 N–H and O–H groups in total. The number of amides is 2. The first-order chi connectivity index (χ1) is 37.2. The van der Waals surface area contributed by atoms with Gasteiger partial charge in [-0.05, 0) is 0 Å². The summed E-state index contributed by atoms with van der Waals surface area (Å²) in [5.41, 5.74) is 16.4. The van der Waals surface area contributed by atoms with Crippen molar-refractivity contribution in [2.75, 3.05) is 0 Å². The first-order valence-corrected chi connectivity index (χ1v) is 36.9. The molecular weight excluding hydrogens is 1050 g/mol. The maximum atomic E-state index is 14.3. The first kappa shape index (κ1) is 49.5. The van der Waals surface area contributed by atoms with Crippen molar-refractivity contribution >= 4 is 78.2 Å². The Balaban J connectivity index is 1.15. The molecule has 2 aliphatic rings. The number of nitrogens with one attached hydrogen (secondary N) is 2. The fourth-order valence-corrected chi connectivity index (χ4v) is 32.2. The van der Waals surface area contributed by atoms with Crippen molar-refractivity contribution in [2.45, 2.75) is 33.9 Å². The molecule has 0 heterocycles. The number of hydrogen-bond donors (Lipinski definition) is 2. The third-order valence-electron chi connectivity index (χ3n) is 15.8. The molecule has 10 aromatic rings. The van der Waals surface area contributed by atoms with E-state index in [9.17, 15) is 26.6 Å². The molecule has 2 atom stereocenters. The zero-order valence-corrected chi connectivity index (χ0v) is 46.3. The van der Waals surface area contributed by atoms with Gasteiger partial charge < -0.3 is 0 Å². The summed E-state index contributed by atoms with van der Waals surface area (Å²) in [4.78, 5) is 28.7. The van der Waals surface area contributed by atoms with Gasteiger partial charge in [0.1, 0.15) is 0 Å². The second-order valence-electron chi connectivity index (χ2n) is 20.1. The van der Waals surface area contributed by atoms with Gasteiger partial charge in [-0.25, -0.2) is 0 Å². The van der Waals surface area contributed by atoms with E-state index < -0.39 is 27.9 Å². The topological polar surface area (TPSA) is 58.2 Å². The molecule has 0 saturated carbocycles. The van der Waals surface area contributed by atoms with E-state index in [0.29, 0.717) is 0 Å². The summed E-state index contributed by atoms with van der Waals surface area (Å²) in [7, 11) is 18.7. The van der Waals surface area contributed by atoms with E-state index in [0.717, 1.165) is 99.8 Å². The van der Waals surface area contributed by atoms with Gasteiger partial charge in [-0.3, -0.25) is 0 Å². The summed E-state index contributed by atoms with van der Waals surface area (Å²) in [5.74, 6) is -0.518. The van der Waals surface area contributed by atoms with Gasteiger partial charge in [0.2, 0.25) is 0 Å². The summed E-state index contributed by atoms with van der Waals surface area (Å²) < 4.78 is -2.46. The summed E-state index contributed by atoms with van der Waals surface area (Å²) in [6, 6.07) is 81.0. The van der Waals surface area contributed by atoms with Crippen LogP contribution in [0.25, 0.3) is 89.4 Å². The van der Waals surface area contributed by atoms with Crippen molar-refractivity contribution in [3.63, 3.8) is 0 Å². The molecule has 12 rings (SSSR count). The Hall–Kier alpha value is -7.33. The third kappa shape index (κ3) is 8.43. The average Bonchev–Trinajstić information content (AvgIpc) is 4.25. The predicted octanol–water partition coefficient (Wildman–Crippen LogP) is 17.6. The molecule has 0 fully saturated rings. The number of fused-ring (bicyclic) bond motifs is 4. The fourth-order valence-electron chi connectivity index (χ4n) is 12.4. The quantitative estimate of drug-likeness (QED) is 0.113. The summed E-state index contributed by atoms with van der Waals surface area (Å²) in [6.07, 6.45) is 4.91. The molecular formula is C68H54BCl2N2O2Zr. The fraction of sp³-hybridized carbons (Fsp3) is 0.0882. The molecule has 2 amide bonds. The standard InChI is InChI=1S/2C31H21.C6H11BN2O2.2ClH.Zr/c2*1-2-10-22(11-3-1)25-20-24-14-9-19-30(31(24)21-25)29-17-7-6-16-28(29)27-18-8-13-23-12-4-5-15-26(23)27;1-3-5(10)8-7-9-6(11)4-2;;;/h2*1-21H;3-4H2,1-2H3,(H-,8,9,10,11);2*1H;/q;;;;;+1/p-1. The van der Waals surface area contributed by atoms with E-state index in [-0.39, 0.29) is 24.7 Å². The van der Waals surface area contributed by atoms with Crippen LogP contribution in [0.1, 0.15) is 67.3 Å². The van der Waals surface area contributed by atoms with E-state index in [4.69, 9.17) is 0 Å². The molecule has 0 aromatic heterocycles. The van der Waals surface area contributed by atoms with Crippen molar-refractivity contribution in [1.29, 1.82) is 0 Å². The molecule has 2 unspecified atom stereocenters. The van der Waals surface area contributed by atoms with Crippen molar-refractivity contribution in [1.82, 2.24) is 10.5 Å². The van der Waals surface area contributed by atoms with Gasteiger partial charge in [0.25, 0.3) is 0 Å². The summed E-state index contributed by atoms with van der Waals surface area (Å²) >= 11 is -6.55. The van der Waals surface area contributed by atoms with Gasteiger partial charge in [-0.1, -0.05) is 0 Å². The van der Waals surface area contributed by atoms with Crippen LogP contribution in [0.3, 0.4) is 0 Å². The van der Waals surface area contributed by atoms with Gasteiger partial charge in [-0.2, -0.15) is 0 Å². The SMILES string of the molecule is CCC(=O)N[B](NC(=O)CC)[Zr]([Cl])([Cl])([CH]1C(c2ccccc2)=Cc2c(-c3ccccc3-c3cccc4ccccc34)cccc21)[CH]1C(c2ccccc2)=Cc2c(-c3ccccc3-c3cccc4ccccc34)cccc21. The molecule has 369 valence electrons. The third-order valence-corrected chi connectivity index (χ3v) is 35.5. The van der Waals surface area contributed by atoms with Crippen LogP contribution in [0.4, 0.5) is 0 Å². The molecule has 8 heteroatoms. The van der Waals surface area contributed by atoms with Gasteiger partial charge in [0.05, 0.1) is 0 Å². The number of rotatable bonds is 13. The molecule has 0 spiro atoms. The monoisotopic (exact) mass is 1100 g/mol.